The third-order valence-electron chi connectivity index (χ3n) is 3.56. The van der Waals surface area contributed by atoms with Crippen LogP contribution in [0.25, 0.3) is 0 Å². The number of likely N-dealkylation sites (tertiary alicyclic amines) is 1. The minimum absolute atomic E-state index is 0.212. The summed E-state index contributed by atoms with van der Waals surface area (Å²) in [5.41, 5.74) is 0.915. The van der Waals surface area contributed by atoms with Gasteiger partial charge in [0.1, 0.15) is 11.8 Å². The molecule has 1 saturated heterocycles. The highest BCUT2D eigenvalue weighted by molar-refractivity contribution is 5.74. The second-order valence-electron chi connectivity index (χ2n) is 4.63. The molecule has 3 rings (SSSR count). The number of ether oxygens (including phenoxy) is 3. The summed E-state index contributed by atoms with van der Waals surface area (Å²) in [5.74, 6) is 1.27. The van der Waals surface area contributed by atoms with Crippen molar-refractivity contribution in [2.75, 3.05) is 20.4 Å². The fraction of sp³-hybridized carbons (Fsp3) is 0.462. The van der Waals surface area contributed by atoms with Crippen LogP contribution >= 0.6 is 0 Å². The minimum Gasteiger partial charge on any atom is -0.496 e. The van der Waals surface area contributed by atoms with E-state index < -0.39 is 12.0 Å². The molecule has 1 atom stereocenters. The summed E-state index contributed by atoms with van der Waals surface area (Å²) in [6, 6.07) is 3.25. The van der Waals surface area contributed by atoms with Gasteiger partial charge in [0, 0.05) is 24.7 Å². The smallest absolute Gasteiger partial charge is 0.320 e. The lowest BCUT2D eigenvalue weighted by Gasteiger charge is -2.38. The van der Waals surface area contributed by atoms with Gasteiger partial charge in [-0.3, -0.25) is 9.69 Å². The highest BCUT2D eigenvalue weighted by Crippen LogP contribution is 2.39. The zero-order valence-corrected chi connectivity index (χ0v) is 10.6. The van der Waals surface area contributed by atoms with E-state index >= 15 is 0 Å². The van der Waals surface area contributed by atoms with Gasteiger partial charge in [0.15, 0.2) is 11.5 Å². The number of rotatable bonds is 4. The number of carbonyl (C=O) groups is 1. The molecule has 0 radical (unpaired) electrons. The Kier molecular flexibility index (Phi) is 2.94. The largest absolute Gasteiger partial charge is 0.496 e. The maximum atomic E-state index is 11.0. The fourth-order valence-electron chi connectivity index (χ4n) is 2.41. The standard InChI is InChI=1S/C13H15NO5/c1-17-10-5-12-11(18-7-19-12)4-8(10)6-14-3-2-9(14)13(15)16/h4-5,9H,2-3,6-7H2,1H3,(H,15,16). The van der Waals surface area contributed by atoms with Crippen molar-refractivity contribution in [3.05, 3.63) is 17.7 Å². The van der Waals surface area contributed by atoms with Crippen LogP contribution in [0.3, 0.4) is 0 Å². The topological polar surface area (TPSA) is 68.2 Å². The average molecular weight is 265 g/mol. The molecule has 2 aliphatic heterocycles. The number of carboxylic acid groups (broad SMARTS) is 1. The van der Waals surface area contributed by atoms with Crippen molar-refractivity contribution in [3.63, 3.8) is 0 Å². The molecule has 2 heterocycles. The van der Waals surface area contributed by atoms with Gasteiger partial charge in [-0.25, -0.2) is 0 Å². The highest BCUT2D eigenvalue weighted by atomic mass is 16.7. The first-order chi connectivity index (χ1) is 9.19. The fourth-order valence-corrected chi connectivity index (χ4v) is 2.41. The Balaban J connectivity index is 1.82. The second kappa shape index (κ2) is 4.62. The van der Waals surface area contributed by atoms with E-state index in [0.717, 1.165) is 12.1 Å². The van der Waals surface area contributed by atoms with Crippen LogP contribution in [0.1, 0.15) is 12.0 Å². The number of hydrogen-bond acceptors (Lipinski definition) is 5. The molecule has 6 heteroatoms. The van der Waals surface area contributed by atoms with Crippen molar-refractivity contribution in [1.82, 2.24) is 4.90 Å². The van der Waals surface area contributed by atoms with Gasteiger partial charge in [0.25, 0.3) is 0 Å². The molecule has 1 unspecified atom stereocenters. The number of fused-ring (bicyclic) bond motifs is 1. The quantitative estimate of drug-likeness (QED) is 0.878. The molecule has 1 N–H and O–H groups in total. The van der Waals surface area contributed by atoms with Crippen molar-refractivity contribution < 1.29 is 24.1 Å². The van der Waals surface area contributed by atoms with Crippen LogP contribution in [0.4, 0.5) is 0 Å². The van der Waals surface area contributed by atoms with Gasteiger partial charge < -0.3 is 19.3 Å². The van der Waals surface area contributed by atoms with E-state index in [2.05, 4.69) is 0 Å². The summed E-state index contributed by atoms with van der Waals surface area (Å²) in [7, 11) is 1.59. The Hall–Kier alpha value is -1.95. The molecule has 1 aromatic rings. The maximum absolute atomic E-state index is 11.0. The highest BCUT2D eigenvalue weighted by Gasteiger charge is 2.34. The van der Waals surface area contributed by atoms with Gasteiger partial charge >= 0.3 is 5.97 Å². The molecule has 0 saturated carbocycles. The Morgan fingerprint density at radius 3 is 2.79 bits per heavy atom. The molecule has 0 bridgehead atoms. The monoisotopic (exact) mass is 265 g/mol. The first-order valence-corrected chi connectivity index (χ1v) is 6.12. The average Bonchev–Trinajstić information content (AvgIpc) is 2.79. The number of methoxy groups -OCH3 is 1. The molecule has 0 aromatic heterocycles. The van der Waals surface area contributed by atoms with Crippen molar-refractivity contribution in [3.8, 4) is 17.2 Å². The Morgan fingerprint density at radius 1 is 1.47 bits per heavy atom. The summed E-state index contributed by atoms with van der Waals surface area (Å²) in [5, 5.41) is 9.05. The van der Waals surface area contributed by atoms with E-state index in [9.17, 15) is 4.79 Å². The molecule has 1 fully saturated rings. The first kappa shape index (κ1) is 12.1. The number of benzene rings is 1. The van der Waals surface area contributed by atoms with Crippen molar-refractivity contribution in [2.45, 2.75) is 19.0 Å². The SMILES string of the molecule is COc1cc2c(cc1CN1CCC1C(=O)O)OCO2. The number of aliphatic carboxylic acids is 1. The lowest BCUT2D eigenvalue weighted by molar-refractivity contribution is -0.148. The molecular weight excluding hydrogens is 250 g/mol. The van der Waals surface area contributed by atoms with Crippen LogP contribution in [-0.2, 0) is 11.3 Å². The molecule has 19 heavy (non-hydrogen) atoms. The minimum atomic E-state index is -0.772. The van der Waals surface area contributed by atoms with Crippen molar-refractivity contribution >= 4 is 5.97 Å². The first-order valence-electron chi connectivity index (χ1n) is 6.12. The zero-order chi connectivity index (χ0) is 13.4. The summed E-state index contributed by atoms with van der Waals surface area (Å²) in [4.78, 5) is 12.9. The third kappa shape index (κ3) is 2.08. The van der Waals surface area contributed by atoms with Crippen LogP contribution < -0.4 is 14.2 Å². The predicted octanol–water partition coefficient (Wildman–Crippen LogP) is 1.08. The number of nitrogens with zero attached hydrogens (tertiary/aromatic N) is 1. The molecule has 2 aliphatic rings. The van der Waals surface area contributed by atoms with Gasteiger partial charge in [-0.05, 0) is 12.5 Å². The lowest BCUT2D eigenvalue weighted by Crippen LogP contribution is -2.51. The van der Waals surface area contributed by atoms with Gasteiger partial charge in [0.05, 0.1) is 7.11 Å². The van der Waals surface area contributed by atoms with Gasteiger partial charge in [-0.2, -0.15) is 0 Å². The van der Waals surface area contributed by atoms with Gasteiger partial charge in [-0.1, -0.05) is 0 Å². The van der Waals surface area contributed by atoms with Crippen molar-refractivity contribution in [2.24, 2.45) is 0 Å². The Labute approximate surface area is 110 Å². The molecule has 6 nitrogen and oxygen atoms in total. The zero-order valence-electron chi connectivity index (χ0n) is 10.6. The molecule has 0 aliphatic carbocycles. The Bertz CT molecular complexity index is 516. The van der Waals surface area contributed by atoms with Crippen LogP contribution in [0.5, 0.6) is 17.2 Å². The van der Waals surface area contributed by atoms with Crippen molar-refractivity contribution in [1.29, 1.82) is 0 Å². The lowest BCUT2D eigenvalue weighted by atomic mass is 10.0. The van der Waals surface area contributed by atoms with Crippen LogP contribution in [0.2, 0.25) is 0 Å². The summed E-state index contributed by atoms with van der Waals surface area (Å²) in [6.45, 7) is 1.54. The van der Waals surface area contributed by atoms with E-state index in [4.69, 9.17) is 19.3 Å². The van der Waals surface area contributed by atoms with E-state index in [-0.39, 0.29) is 6.79 Å². The molecule has 0 amide bonds. The molecule has 0 spiro atoms. The van der Waals surface area contributed by atoms with E-state index in [1.54, 1.807) is 13.2 Å². The second-order valence-corrected chi connectivity index (χ2v) is 4.63. The van der Waals surface area contributed by atoms with Crippen LogP contribution in [0, 0.1) is 0 Å². The van der Waals surface area contributed by atoms with E-state index in [0.29, 0.717) is 30.2 Å². The van der Waals surface area contributed by atoms with Crippen LogP contribution in [-0.4, -0.2) is 42.5 Å². The predicted molar refractivity (Wildman–Crippen MR) is 65.6 cm³/mol. The molecule has 1 aromatic carbocycles. The Morgan fingerprint density at radius 2 is 2.21 bits per heavy atom. The molecular formula is C13H15NO5. The normalized spacial score (nSPS) is 21.0. The van der Waals surface area contributed by atoms with Gasteiger partial charge in [-0.15, -0.1) is 0 Å². The third-order valence-corrected chi connectivity index (χ3v) is 3.56. The summed E-state index contributed by atoms with van der Waals surface area (Å²) < 4.78 is 16.0. The molecule has 102 valence electrons. The number of carboxylic acids is 1. The maximum Gasteiger partial charge on any atom is 0.320 e. The van der Waals surface area contributed by atoms with Gasteiger partial charge in [0.2, 0.25) is 6.79 Å². The summed E-state index contributed by atoms with van der Waals surface area (Å²) in [6.07, 6.45) is 0.697. The summed E-state index contributed by atoms with van der Waals surface area (Å²) >= 11 is 0. The van der Waals surface area contributed by atoms with E-state index in [1.807, 2.05) is 11.0 Å². The van der Waals surface area contributed by atoms with Crippen LogP contribution in [0.15, 0.2) is 12.1 Å². The number of hydrogen-bond donors (Lipinski definition) is 1. The van der Waals surface area contributed by atoms with E-state index in [1.165, 1.54) is 0 Å².